The minimum atomic E-state index is -3.69. The first-order valence-electron chi connectivity index (χ1n) is 7.82. The molecule has 0 aliphatic rings. The van der Waals surface area contributed by atoms with Crippen LogP contribution in [-0.4, -0.2) is 46.6 Å². The zero-order valence-corrected chi connectivity index (χ0v) is 15.5. The molecule has 0 amide bonds. The van der Waals surface area contributed by atoms with Gasteiger partial charge in [-0.15, -0.1) is 10.2 Å². The van der Waals surface area contributed by atoms with E-state index in [-0.39, 0.29) is 11.4 Å². The van der Waals surface area contributed by atoms with Gasteiger partial charge >= 0.3 is 0 Å². The van der Waals surface area contributed by atoms with E-state index in [1.165, 1.54) is 24.8 Å². The van der Waals surface area contributed by atoms with E-state index in [9.17, 15) is 8.42 Å². The van der Waals surface area contributed by atoms with Crippen LogP contribution in [0.2, 0.25) is 0 Å². The summed E-state index contributed by atoms with van der Waals surface area (Å²) in [5.74, 6) is 0.996. The van der Waals surface area contributed by atoms with Crippen LogP contribution < -0.4 is 4.74 Å². The van der Waals surface area contributed by atoms with Crippen LogP contribution in [0.4, 0.5) is 0 Å². The second-order valence-corrected chi connectivity index (χ2v) is 7.75. The molecule has 0 saturated heterocycles. The molecule has 1 aromatic carbocycles. The zero-order valence-electron chi connectivity index (χ0n) is 14.7. The van der Waals surface area contributed by atoms with Gasteiger partial charge in [0.15, 0.2) is 0 Å². The Morgan fingerprint density at radius 2 is 2.04 bits per heavy atom. The van der Waals surface area contributed by atoms with Crippen LogP contribution >= 0.6 is 0 Å². The summed E-state index contributed by atoms with van der Waals surface area (Å²) < 4.78 is 34.1. The Labute approximate surface area is 152 Å². The molecular weight excluding hydrogens is 354 g/mol. The van der Waals surface area contributed by atoms with Gasteiger partial charge in [-0.2, -0.15) is 4.31 Å². The molecule has 0 radical (unpaired) electrons. The number of benzene rings is 1. The molecule has 2 aromatic heterocycles. The van der Waals surface area contributed by atoms with Crippen molar-refractivity contribution in [2.24, 2.45) is 7.05 Å². The normalized spacial score (nSPS) is 11.7. The minimum Gasteiger partial charge on any atom is -0.481 e. The quantitative estimate of drug-likeness (QED) is 0.653. The first-order valence-corrected chi connectivity index (χ1v) is 9.26. The smallest absolute Gasteiger partial charge is 0.243 e. The maximum absolute atomic E-state index is 12.9. The summed E-state index contributed by atoms with van der Waals surface area (Å²) in [6, 6.07) is 10.3. The molecule has 0 bridgehead atoms. The van der Waals surface area contributed by atoms with E-state index in [2.05, 4.69) is 15.2 Å². The van der Waals surface area contributed by atoms with Crippen molar-refractivity contribution in [2.45, 2.75) is 11.4 Å². The summed E-state index contributed by atoms with van der Waals surface area (Å²) in [4.78, 5) is 4.35. The van der Waals surface area contributed by atoms with Gasteiger partial charge in [-0.25, -0.2) is 13.4 Å². The number of hydrogen-bond donors (Lipinski definition) is 0. The van der Waals surface area contributed by atoms with Crippen LogP contribution in [0.5, 0.6) is 5.88 Å². The minimum absolute atomic E-state index is 0.124. The van der Waals surface area contributed by atoms with Crippen molar-refractivity contribution in [3.8, 4) is 17.0 Å². The number of ether oxygens (including phenoxy) is 1. The van der Waals surface area contributed by atoms with Crippen molar-refractivity contribution in [3.05, 3.63) is 54.7 Å². The molecule has 136 valence electrons. The molecule has 3 aromatic rings. The topological polar surface area (TPSA) is 90.2 Å². The molecule has 0 saturated carbocycles. The van der Waals surface area contributed by atoms with Crippen LogP contribution in [0.25, 0.3) is 11.1 Å². The molecule has 0 spiro atoms. The van der Waals surface area contributed by atoms with E-state index >= 15 is 0 Å². The number of aromatic nitrogens is 4. The van der Waals surface area contributed by atoms with E-state index in [0.29, 0.717) is 17.3 Å². The average molecular weight is 373 g/mol. The lowest BCUT2D eigenvalue weighted by molar-refractivity contribution is 0.399. The molecule has 8 nitrogen and oxygen atoms in total. The molecule has 0 aliphatic heterocycles. The lowest BCUT2D eigenvalue weighted by Gasteiger charge is -2.17. The van der Waals surface area contributed by atoms with E-state index in [0.717, 1.165) is 5.56 Å². The lowest BCUT2D eigenvalue weighted by atomic mass is 10.1. The van der Waals surface area contributed by atoms with Crippen molar-refractivity contribution in [1.29, 1.82) is 0 Å². The van der Waals surface area contributed by atoms with E-state index in [1.807, 2.05) is 12.1 Å². The van der Waals surface area contributed by atoms with E-state index < -0.39 is 10.0 Å². The molecule has 0 N–H and O–H groups in total. The van der Waals surface area contributed by atoms with E-state index in [4.69, 9.17) is 4.74 Å². The molecule has 9 heteroatoms. The standard InChI is InChI=1S/C17H19N5O3S/c1-21-12-19-20-16(21)11-22(2)26(23,24)14-7-4-6-13(10-14)15-8-5-9-18-17(15)25-3/h4-10,12H,11H2,1-3H3. The first-order chi connectivity index (χ1) is 12.4. The van der Waals surface area contributed by atoms with Crippen LogP contribution in [0.3, 0.4) is 0 Å². The number of rotatable bonds is 6. The van der Waals surface area contributed by atoms with Gasteiger partial charge in [0.1, 0.15) is 12.2 Å². The molecule has 2 heterocycles. The Morgan fingerprint density at radius 3 is 2.73 bits per heavy atom. The second-order valence-electron chi connectivity index (χ2n) is 5.71. The molecule has 0 fully saturated rings. The second kappa shape index (κ2) is 7.22. The Morgan fingerprint density at radius 1 is 1.23 bits per heavy atom. The highest BCUT2D eigenvalue weighted by Crippen LogP contribution is 2.29. The number of hydrogen-bond acceptors (Lipinski definition) is 6. The first kappa shape index (κ1) is 18.0. The highest BCUT2D eigenvalue weighted by atomic mass is 32.2. The number of aryl methyl sites for hydroxylation is 1. The summed E-state index contributed by atoms with van der Waals surface area (Å²) in [7, 11) is 1.12. The zero-order chi connectivity index (χ0) is 18.7. The predicted octanol–water partition coefficient (Wildman–Crippen LogP) is 1.71. The number of nitrogens with zero attached hydrogens (tertiary/aromatic N) is 5. The van der Waals surface area contributed by atoms with Crippen LogP contribution in [0.15, 0.2) is 53.8 Å². The Hall–Kier alpha value is -2.78. The van der Waals surface area contributed by atoms with Gasteiger partial charge in [0, 0.05) is 25.9 Å². The van der Waals surface area contributed by atoms with E-state index in [1.54, 1.807) is 42.1 Å². The number of methoxy groups -OCH3 is 1. The van der Waals surface area contributed by atoms with Gasteiger partial charge in [0.2, 0.25) is 15.9 Å². The van der Waals surface area contributed by atoms with Gasteiger partial charge in [-0.1, -0.05) is 12.1 Å². The van der Waals surface area contributed by atoms with Crippen molar-refractivity contribution in [2.75, 3.05) is 14.2 Å². The van der Waals surface area contributed by atoms with Crippen LogP contribution in [0, 0.1) is 0 Å². The third kappa shape index (κ3) is 3.44. The van der Waals surface area contributed by atoms with Crippen molar-refractivity contribution in [3.63, 3.8) is 0 Å². The molecule has 26 heavy (non-hydrogen) atoms. The third-order valence-corrected chi connectivity index (χ3v) is 5.79. The van der Waals surface area contributed by atoms with Gasteiger partial charge in [0.25, 0.3) is 0 Å². The van der Waals surface area contributed by atoms with Gasteiger partial charge < -0.3 is 9.30 Å². The maximum Gasteiger partial charge on any atom is 0.243 e. The molecule has 0 atom stereocenters. The van der Waals surface area contributed by atoms with Crippen molar-refractivity contribution < 1.29 is 13.2 Å². The Balaban J connectivity index is 1.95. The van der Waals surface area contributed by atoms with Gasteiger partial charge in [-0.3, -0.25) is 0 Å². The Bertz CT molecular complexity index is 1020. The summed E-state index contributed by atoms with van der Waals surface area (Å²) in [5, 5.41) is 7.71. The molecule has 0 aliphatic carbocycles. The largest absolute Gasteiger partial charge is 0.481 e. The molecule has 3 rings (SSSR count). The maximum atomic E-state index is 12.9. The number of pyridine rings is 1. The fourth-order valence-electron chi connectivity index (χ4n) is 2.51. The molecule has 0 unspecified atom stereocenters. The van der Waals surface area contributed by atoms with Crippen LogP contribution in [-0.2, 0) is 23.6 Å². The SMILES string of the molecule is COc1ncccc1-c1cccc(S(=O)(=O)N(C)Cc2nncn2C)c1. The third-order valence-electron chi connectivity index (χ3n) is 3.99. The summed E-state index contributed by atoms with van der Waals surface area (Å²) in [6.45, 7) is 0.124. The predicted molar refractivity (Wildman–Crippen MR) is 95.9 cm³/mol. The van der Waals surface area contributed by atoms with Crippen molar-refractivity contribution in [1.82, 2.24) is 24.1 Å². The summed E-state index contributed by atoms with van der Waals surface area (Å²) >= 11 is 0. The van der Waals surface area contributed by atoms with Crippen LogP contribution in [0.1, 0.15) is 5.82 Å². The van der Waals surface area contributed by atoms with Gasteiger partial charge in [-0.05, 0) is 29.8 Å². The molecular formula is C17H19N5O3S. The highest BCUT2D eigenvalue weighted by molar-refractivity contribution is 7.89. The fourth-order valence-corrected chi connectivity index (χ4v) is 3.68. The fraction of sp³-hybridized carbons (Fsp3) is 0.235. The van der Waals surface area contributed by atoms with Gasteiger partial charge in [0.05, 0.1) is 18.6 Å². The monoisotopic (exact) mass is 373 g/mol. The average Bonchev–Trinajstić information content (AvgIpc) is 3.06. The lowest BCUT2D eigenvalue weighted by Crippen LogP contribution is -2.27. The Kier molecular flexibility index (Phi) is 5.01. The van der Waals surface area contributed by atoms with Crippen molar-refractivity contribution >= 4 is 10.0 Å². The summed E-state index contributed by atoms with van der Waals surface area (Å²) in [5.41, 5.74) is 1.44. The highest BCUT2D eigenvalue weighted by Gasteiger charge is 2.23. The summed E-state index contributed by atoms with van der Waals surface area (Å²) in [6.07, 6.45) is 3.16. The number of sulfonamides is 1.